The van der Waals surface area contributed by atoms with Gasteiger partial charge in [-0.1, -0.05) is 43.4 Å². The summed E-state index contributed by atoms with van der Waals surface area (Å²) in [5, 5.41) is 10.2. The highest BCUT2D eigenvalue weighted by molar-refractivity contribution is 14.1. The molecule has 0 amide bonds. The van der Waals surface area contributed by atoms with Gasteiger partial charge in [0.1, 0.15) is 0 Å². The molecule has 0 aromatic rings. The van der Waals surface area contributed by atoms with Gasteiger partial charge in [-0.15, -0.1) is 0 Å². The predicted molar refractivity (Wildman–Crippen MR) is 119 cm³/mol. The number of halogens is 1. The molecule has 1 nitrogen and oxygen atoms in total. The Bertz CT molecular complexity index is 506. The maximum atomic E-state index is 10.2. The van der Waals surface area contributed by atoms with Crippen molar-refractivity contribution >= 4 is 22.6 Å². The molecule has 4 aliphatic rings. The molecular weight excluding hydrogens is 431 g/mol. The second-order valence-corrected chi connectivity index (χ2v) is 12.2. The van der Waals surface area contributed by atoms with Crippen molar-refractivity contribution in [3.05, 3.63) is 0 Å². The first-order valence-corrected chi connectivity index (χ1v) is 13.2. The van der Waals surface area contributed by atoms with Crippen LogP contribution in [-0.4, -0.2) is 15.6 Å². The van der Waals surface area contributed by atoms with Crippen LogP contribution in [0.4, 0.5) is 0 Å². The summed E-state index contributed by atoms with van der Waals surface area (Å²) in [6, 6.07) is 0. The van der Waals surface area contributed by atoms with Crippen molar-refractivity contribution in [3.63, 3.8) is 0 Å². The van der Waals surface area contributed by atoms with Crippen LogP contribution in [0.3, 0.4) is 0 Å². The molecule has 0 radical (unpaired) electrons. The van der Waals surface area contributed by atoms with Crippen molar-refractivity contribution in [1.29, 1.82) is 0 Å². The molecule has 0 spiro atoms. The monoisotopic (exact) mass is 472 g/mol. The van der Waals surface area contributed by atoms with Crippen LogP contribution in [0.5, 0.6) is 0 Å². The van der Waals surface area contributed by atoms with Gasteiger partial charge in [-0.2, -0.15) is 0 Å². The average molecular weight is 472 g/mol. The van der Waals surface area contributed by atoms with Gasteiger partial charge in [0.25, 0.3) is 0 Å². The third kappa shape index (κ3) is 3.12. The zero-order valence-electron chi connectivity index (χ0n) is 17.4. The molecule has 4 saturated carbocycles. The molecule has 0 heterocycles. The van der Waals surface area contributed by atoms with Gasteiger partial charge >= 0.3 is 0 Å². The van der Waals surface area contributed by atoms with E-state index in [1.54, 1.807) is 0 Å². The molecule has 0 aromatic heterocycles. The lowest BCUT2D eigenvalue weighted by molar-refractivity contribution is -0.129. The standard InChI is InChI=1S/C24H41IO/c1-16(5-4-14-25)20-8-9-21-19-7-6-17-15-18(26)10-12-23(17,2)22(19)11-13-24(20,21)3/h16-22,26H,4-15H2,1-3H3/t16-,17+,18+,19?,20?,21?,22?,23+,24-/m1/s1. The van der Waals surface area contributed by atoms with Crippen molar-refractivity contribution in [3.8, 4) is 0 Å². The maximum absolute atomic E-state index is 10.2. The summed E-state index contributed by atoms with van der Waals surface area (Å²) in [4.78, 5) is 0. The van der Waals surface area contributed by atoms with E-state index < -0.39 is 0 Å². The second kappa shape index (κ2) is 7.50. The van der Waals surface area contributed by atoms with Crippen LogP contribution in [0.15, 0.2) is 0 Å². The summed E-state index contributed by atoms with van der Waals surface area (Å²) >= 11 is 2.55. The molecule has 0 saturated heterocycles. The van der Waals surface area contributed by atoms with E-state index in [1.165, 1.54) is 62.2 Å². The largest absolute Gasteiger partial charge is 0.393 e. The molecule has 0 aromatic carbocycles. The van der Waals surface area contributed by atoms with Crippen molar-refractivity contribution in [1.82, 2.24) is 0 Å². The number of rotatable bonds is 4. The molecule has 4 aliphatic carbocycles. The minimum Gasteiger partial charge on any atom is -0.393 e. The fraction of sp³-hybridized carbons (Fsp3) is 1.00. The molecule has 4 rings (SSSR count). The highest BCUT2D eigenvalue weighted by Crippen LogP contribution is 2.68. The van der Waals surface area contributed by atoms with E-state index in [4.69, 9.17) is 0 Å². The SMILES string of the molecule is C[C@H](CCCI)C1CCC2C3CC[C@H]4C[C@@H](O)CC[C@]4(C)C3CC[C@@]21C. The lowest BCUT2D eigenvalue weighted by Gasteiger charge is -2.61. The summed E-state index contributed by atoms with van der Waals surface area (Å²) in [6.07, 6.45) is 15.2. The highest BCUT2D eigenvalue weighted by Gasteiger charge is 2.60. The number of hydrogen-bond acceptors (Lipinski definition) is 1. The summed E-state index contributed by atoms with van der Waals surface area (Å²) in [7, 11) is 0. The topological polar surface area (TPSA) is 20.2 Å². The van der Waals surface area contributed by atoms with Gasteiger partial charge in [0.05, 0.1) is 6.10 Å². The first-order chi connectivity index (χ1) is 12.4. The van der Waals surface area contributed by atoms with Crippen molar-refractivity contribution in [2.45, 2.75) is 97.5 Å². The smallest absolute Gasteiger partial charge is 0.0543 e. The van der Waals surface area contributed by atoms with E-state index in [2.05, 4.69) is 43.4 Å². The minimum absolute atomic E-state index is 0.00639. The first-order valence-electron chi connectivity index (χ1n) is 11.6. The third-order valence-corrected chi connectivity index (χ3v) is 11.0. The quantitative estimate of drug-likeness (QED) is 0.350. The number of aliphatic hydroxyl groups excluding tert-OH is 1. The Morgan fingerprint density at radius 1 is 0.962 bits per heavy atom. The van der Waals surface area contributed by atoms with Gasteiger partial charge in [0.2, 0.25) is 0 Å². The first kappa shape index (κ1) is 20.0. The van der Waals surface area contributed by atoms with E-state index in [0.29, 0.717) is 10.8 Å². The average Bonchev–Trinajstić information content (AvgIpc) is 2.97. The number of alkyl halides is 1. The molecule has 0 aliphatic heterocycles. The van der Waals surface area contributed by atoms with Gasteiger partial charge in [0.15, 0.2) is 0 Å². The van der Waals surface area contributed by atoms with Crippen LogP contribution in [-0.2, 0) is 0 Å². The molecule has 4 unspecified atom stereocenters. The Morgan fingerprint density at radius 2 is 1.69 bits per heavy atom. The fourth-order valence-electron chi connectivity index (χ4n) is 8.81. The van der Waals surface area contributed by atoms with Crippen LogP contribution in [0, 0.1) is 46.3 Å². The maximum Gasteiger partial charge on any atom is 0.0543 e. The molecule has 26 heavy (non-hydrogen) atoms. The van der Waals surface area contributed by atoms with E-state index in [0.717, 1.165) is 48.3 Å². The minimum atomic E-state index is -0.00639. The van der Waals surface area contributed by atoms with Gasteiger partial charge in [-0.3, -0.25) is 0 Å². The molecule has 2 heteroatoms. The molecule has 1 N–H and O–H groups in total. The molecule has 9 atom stereocenters. The Balaban J connectivity index is 1.52. The van der Waals surface area contributed by atoms with Crippen LogP contribution in [0.1, 0.15) is 91.4 Å². The molecule has 0 bridgehead atoms. The number of fused-ring (bicyclic) bond motifs is 5. The lowest BCUT2D eigenvalue weighted by Crippen LogP contribution is -2.54. The van der Waals surface area contributed by atoms with Crippen LogP contribution in [0.2, 0.25) is 0 Å². The van der Waals surface area contributed by atoms with Gasteiger partial charge in [0, 0.05) is 0 Å². The Labute approximate surface area is 175 Å². The third-order valence-electron chi connectivity index (χ3n) is 10.2. The highest BCUT2D eigenvalue weighted by atomic mass is 127. The van der Waals surface area contributed by atoms with Crippen molar-refractivity contribution in [2.75, 3.05) is 4.43 Å². The zero-order chi connectivity index (χ0) is 18.5. The molecule has 4 fully saturated rings. The van der Waals surface area contributed by atoms with E-state index in [-0.39, 0.29) is 6.10 Å². The fourth-order valence-corrected chi connectivity index (χ4v) is 9.25. The van der Waals surface area contributed by atoms with E-state index >= 15 is 0 Å². The van der Waals surface area contributed by atoms with Crippen LogP contribution in [0.25, 0.3) is 0 Å². The summed E-state index contributed by atoms with van der Waals surface area (Å²) in [5.74, 6) is 5.65. The van der Waals surface area contributed by atoms with Crippen molar-refractivity contribution < 1.29 is 5.11 Å². The summed E-state index contributed by atoms with van der Waals surface area (Å²) in [5.41, 5.74) is 1.16. The van der Waals surface area contributed by atoms with Crippen LogP contribution >= 0.6 is 22.6 Å². The van der Waals surface area contributed by atoms with Crippen molar-refractivity contribution in [2.24, 2.45) is 46.3 Å². The van der Waals surface area contributed by atoms with E-state index in [9.17, 15) is 5.11 Å². The Morgan fingerprint density at radius 3 is 2.46 bits per heavy atom. The van der Waals surface area contributed by atoms with E-state index in [1.807, 2.05) is 0 Å². The molecular formula is C24H41IO. The lowest BCUT2D eigenvalue weighted by atomic mass is 9.44. The number of aliphatic hydroxyl groups is 1. The predicted octanol–water partition coefficient (Wildman–Crippen LogP) is 6.86. The van der Waals surface area contributed by atoms with Gasteiger partial charge < -0.3 is 5.11 Å². The Hall–Kier alpha value is 0.690. The Kier molecular flexibility index (Phi) is 5.77. The summed E-state index contributed by atoms with van der Waals surface area (Å²) < 4.78 is 1.32. The van der Waals surface area contributed by atoms with Crippen LogP contribution < -0.4 is 0 Å². The zero-order valence-corrected chi connectivity index (χ0v) is 19.5. The normalized spacial score (nSPS) is 52.0. The van der Waals surface area contributed by atoms with Gasteiger partial charge in [-0.25, -0.2) is 0 Å². The molecule has 150 valence electrons. The van der Waals surface area contributed by atoms with Gasteiger partial charge in [-0.05, 0) is 121 Å². The number of hydrogen-bond donors (Lipinski definition) is 1. The second-order valence-electron chi connectivity index (χ2n) is 11.1. The summed E-state index contributed by atoms with van der Waals surface area (Å²) in [6.45, 7) is 7.89.